The Morgan fingerprint density at radius 1 is 1.11 bits per heavy atom. The zero-order chi connectivity index (χ0) is 19.4. The third-order valence-corrected chi connectivity index (χ3v) is 5.40. The Balaban J connectivity index is 1.93. The van der Waals surface area contributed by atoms with Gasteiger partial charge in [0.25, 0.3) is 0 Å². The first-order chi connectivity index (χ1) is 13.0. The molecule has 0 radical (unpaired) electrons. The van der Waals surface area contributed by atoms with E-state index in [1.807, 2.05) is 31.2 Å². The van der Waals surface area contributed by atoms with Gasteiger partial charge in [0, 0.05) is 25.1 Å². The molecule has 4 nitrogen and oxygen atoms in total. The molecule has 142 valence electrons. The highest BCUT2D eigenvalue weighted by atomic mass is 19.1. The van der Waals surface area contributed by atoms with Crippen molar-refractivity contribution in [3.05, 3.63) is 59.9 Å². The number of nitrogens with zero attached hydrogens (tertiary/aromatic N) is 1. The van der Waals surface area contributed by atoms with Crippen LogP contribution in [-0.4, -0.2) is 29.8 Å². The van der Waals surface area contributed by atoms with Crippen molar-refractivity contribution >= 4 is 11.8 Å². The molecule has 1 aliphatic rings. The summed E-state index contributed by atoms with van der Waals surface area (Å²) < 4.78 is 14.3. The number of carbonyl (C=O) groups is 2. The van der Waals surface area contributed by atoms with Gasteiger partial charge in [-0.3, -0.25) is 9.59 Å². The fraction of sp³-hybridized carbons (Fsp3) is 0.364. The molecule has 3 rings (SSSR count). The van der Waals surface area contributed by atoms with Crippen molar-refractivity contribution in [1.82, 2.24) is 4.90 Å². The van der Waals surface area contributed by atoms with E-state index in [1.165, 1.54) is 6.07 Å². The molecule has 1 aliphatic heterocycles. The molecule has 0 aromatic heterocycles. The first-order valence-electron chi connectivity index (χ1n) is 9.37. The van der Waals surface area contributed by atoms with Crippen molar-refractivity contribution in [2.75, 3.05) is 13.1 Å². The summed E-state index contributed by atoms with van der Waals surface area (Å²) in [5, 5.41) is 0. The van der Waals surface area contributed by atoms with Crippen LogP contribution in [0, 0.1) is 11.2 Å². The molecule has 0 unspecified atom stereocenters. The Labute approximate surface area is 159 Å². The highest BCUT2D eigenvalue weighted by molar-refractivity contribution is 5.85. The third kappa shape index (κ3) is 3.87. The Kier molecular flexibility index (Phi) is 5.59. The predicted octanol–water partition coefficient (Wildman–Crippen LogP) is 3.54. The lowest BCUT2D eigenvalue weighted by atomic mass is 9.78. The summed E-state index contributed by atoms with van der Waals surface area (Å²) in [6.45, 7) is 2.82. The summed E-state index contributed by atoms with van der Waals surface area (Å²) in [7, 11) is 0. The minimum atomic E-state index is -0.815. The molecule has 0 aliphatic carbocycles. The maximum Gasteiger partial charge on any atom is 0.225 e. The molecule has 2 amide bonds. The van der Waals surface area contributed by atoms with Crippen LogP contribution in [0.15, 0.2) is 48.5 Å². The van der Waals surface area contributed by atoms with Crippen LogP contribution in [0.4, 0.5) is 4.39 Å². The summed E-state index contributed by atoms with van der Waals surface area (Å²) in [6, 6.07) is 14.1. The highest BCUT2D eigenvalue weighted by Gasteiger charge is 2.44. The van der Waals surface area contributed by atoms with Gasteiger partial charge in [0.15, 0.2) is 0 Å². The van der Waals surface area contributed by atoms with Gasteiger partial charge in [-0.05, 0) is 36.5 Å². The molecular formula is C22H25FN2O2. The number of primary amides is 1. The van der Waals surface area contributed by atoms with Gasteiger partial charge >= 0.3 is 0 Å². The van der Waals surface area contributed by atoms with Gasteiger partial charge in [-0.15, -0.1) is 0 Å². The average Bonchev–Trinajstić information content (AvgIpc) is 3.09. The minimum Gasteiger partial charge on any atom is -0.369 e. The molecule has 1 heterocycles. The lowest BCUT2D eigenvalue weighted by Crippen LogP contribution is -2.42. The van der Waals surface area contributed by atoms with Gasteiger partial charge in [0.05, 0.1) is 5.41 Å². The van der Waals surface area contributed by atoms with E-state index in [2.05, 4.69) is 0 Å². The molecule has 2 aromatic carbocycles. The Morgan fingerprint density at radius 2 is 1.78 bits per heavy atom. The zero-order valence-corrected chi connectivity index (χ0v) is 15.6. The number of halogens is 1. The predicted molar refractivity (Wildman–Crippen MR) is 103 cm³/mol. The second kappa shape index (κ2) is 7.91. The van der Waals surface area contributed by atoms with Crippen molar-refractivity contribution < 1.29 is 14.0 Å². The molecule has 5 heteroatoms. The van der Waals surface area contributed by atoms with Gasteiger partial charge in [-0.2, -0.15) is 0 Å². The maximum atomic E-state index is 14.3. The van der Waals surface area contributed by atoms with Crippen LogP contribution >= 0.6 is 0 Å². The van der Waals surface area contributed by atoms with Crippen molar-refractivity contribution in [3.63, 3.8) is 0 Å². The molecule has 1 fully saturated rings. The number of amides is 2. The molecule has 27 heavy (non-hydrogen) atoms. The second-order valence-electron chi connectivity index (χ2n) is 7.27. The van der Waals surface area contributed by atoms with E-state index in [0.717, 1.165) is 17.5 Å². The molecule has 0 spiro atoms. The Bertz CT molecular complexity index is 852. The van der Waals surface area contributed by atoms with E-state index < -0.39 is 11.3 Å². The van der Waals surface area contributed by atoms with E-state index in [4.69, 9.17) is 5.73 Å². The number of hydrogen-bond donors (Lipinski definition) is 1. The molecule has 0 bridgehead atoms. The SMILES string of the molecule is CCCC(=O)N1CC[C@@](Cc2ccccc2-c2ccccc2F)(C(N)=O)C1. The van der Waals surface area contributed by atoms with Crippen LogP contribution in [0.2, 0.25) is 0 Å². The fourth-order valence-corrected chi connectivity index (χ4v) is 3.87. The van der Waals surface area contributed by atoms with E-state index in [0.29, 0.717) is 37.9 Å². The topological polar surface area (TPSA) is 63.4 Å². The standard InChI is InChI=1S/C22H25FN2O2/c1-2-7-20(26)25-13-12-22(15-25,21(24)27)14-16-8-3-4-9-17(16)18-10-5-6-11-19(18)23/h3-6,8-11H,2,7,12-15H2,1H3,(H2,24,27)/t22-/m0/s1. The molecule has 1 saturated heterocycles. The van der Waals surface area contributed by atoms with Gasteiger partial charge in [-0.1, -0.05) is 49.4 Å². The number of hydrogen-bond acceptors (Lipinski definition) is 2. The number of rotatable bonds is 6. The highest BCUT2D eigenvalue weighted by Crippen LogP contribution is 2.37. The Morgan fingerprint density at radius 3 is 2.44 bits per heavy atom. The summed E-state index contributed by atoms with van der Waals surface area (Å²) in [5.74, 6) is -0.648. The van der Waals surface area contributed by atoms with Crippen LogP contribution in [-0.2, 0) is 16.0 Å². The van der Waals surface area contributed by atoms with Gasteiger partial charge < -0.3 is 10.6 Å². The Hall–Kier alpha value is -2.69. The number of carbonyl (C=O) groups excluding carboxylic acids is 2. The first-order valence-corrected chi connectivity index (χ1v) is 9.37. The molecule has 2 N–H and O–H groups in total. The monoisotopic (exact) mass is 368 g/mol. The quantitative estimate of drug-likeness (QED) is 0.848. The molecule has 1 atom stereocenters. The molecule has 2 aromatic rings. The summed E-state index contributed by atoms with van der Waals surface area (Å²) in [6.07, 6.45) is 2.17. The lowest BCUT2D eigenvalue weighted by molar-refractivity contribution is -0.132. The van der Waals surface area contributed by atoms with Crippen molar-refractivity contribution in [1.29, 1.82) is 0 Å². The minimum absolute atomic E-state index is 0.0583. The number of likely N-dealkylation sites (tertiary alicyclic amines) is 1. The summed E-state index contributed by atoms with van der Waals surface area (Å²) >= 11 is 0. The molecule has 0 saturated carbocycles. The second-order valence-corrected chi connectivity index (χ2v) is 7.27. The lowest BCUT2D eigenvalue weighted by Gasteiger charge is -2.27. The average molecular weight is 368 g/mol. The van der Waals surface area contributed by atoms with Crippen LogP contribution in [0.5, 0.6) is 0 Å². The van der Waals surface area contributed by atoms with E-state index >= 15 is 0 Å². The smallest absolute Gasteiger partial charge is 0.225 e. The normalized spacial score (nSPS) is 19.3. The van der Waals surface area contributed by atoms with E-state index in [1.54, 1.807) is 23.1 Å². The van der Waals surface area contributed by atoms with Gasteiger partial charge in [0.1, 0.15) is 5.82 Å². The maximum absolute atomic E-state index is 14.3. The summed E-state index contributed by atoms with van der Waals surface area (Å²) in [4.78, 5) is 26.4. The van der Waals surface area contributed by atoms with Crippen LogP contribution in [0.3, 0.4) is 0 Å². The van der Waals surface area contributed by atoms with Gasteiger partial charge in [0.2, 0.25) is 11.8 Å². The van der Waals surface area contributed by atoms with Crippen molar-refractivity contribution in [2.24, 2.45) is 11.1 Å². The van der Waals surface area contributed by atoms with Gasteiger partial charge in [-0.25, -0.2) is 4.39 Å². The van der Waals surface area contributed by atoms with Crippen molar-refractivity contribution in [3.8, 4) is 11.1 Å². The van der Waals surface area contributed by atoms with Crippen LogP contribution in [0.1, 0.15) is 31.7 Å². The zero-order valence-electron chi connectivity index (χ0n) is 15.6. The number of nitrogens with two attached hydrogens (primary N) is 1. The van der Waals surface area contributed by atoms with Crippen molar-refractivity contribution in [2.45, 2.75) is 32.6 Å². The third-order valence-electron chi connectivity index (χ3n) is 5.40. The van der Waals surface area contributed by atoms with Crippen LogP contribution in [0.25, 0.3) is 11.1 Å². The first kappa shape index (κ1) is 19.1. The number of benzene rings is 2. The van der Waals surface area contributed by atoms with E-state index in [-0.39, 0.29) is 11.7 Å². The summed E-state index contributed by atoms with van der Waals surface area (Å²) in [5.41, 5.74) is 7.10. The fourth-order valence-electron chi connectivity index (χ4n) is 3.87. The van der Waals surface area contributed by atoms with E-state index in [9.17, 15) is 14.0 Å². The largest absolute Gasteiger partial charge is 0.369 e. The molecular weight excluding hydrogens is 343 g/mol. The van der Waals surface area contributed by atoms with Crippen LogP contribution < -0.4 is 5.73 Å².